The smallest absolute Gasteiger partial charge is 0.257 e. The Morgan fingerprint density at radius 2 is 2.10 bits per heavy atom. The van der Waals surface area contributed by atoms with E-state index in [1.807, 2.05) is 0 Å². The van der Waals surface area contributed by atoms with E-state index in [0.717, 1.165) is 11.3 Å². The summed E-state index contributed by atoms with van der Waals surface area (Å²) in [6.45, 7) is 2.79. The molecule has 0 aliphatic heterocycles. The zero-order valence-electron chi connectivity index (χ0n) is 11.7. The molecule has 4 nitrogen and oxygen atoms in total. The molecule has 20 heavy (non-hydrogen) atoms. The van der Waals surface area contributed by atoms with Gasteiger partial charge < -0.3 is 15.8 Å². The van der Waals surface area contributed by atoms with Crippen LogP contribution in [-0.2, 0) is 4.79 Å². The second-order valence-corrected chi connectivity index (χ2v) is 5.89. The molecule has 0 bridgehead atoms. The van der Waals surface area contributed by atoms with Crippen molar-refractivity contribution in [3.63, 3.8) is 0 Å². The summed E-state index contributed by atoms with van der Waals surface area (Å²) in [5.41, 5.74) is 6.28. The van der Waals surface area contributed by atoms with Gasteiger partial charge in [-0.2, -0.15) is 11.8 Å². The van der Waals surface area contributed by atoms with E-state index in [-0.39, 0.29) is 12.5 Å². The second kappa shape index (κ2) is 8.81. The molecule has 0 spiro atoms. The van der Waals surface area contributed by atoms with Crippen molar-refractivity contribution in [2.75, 3.05) is 25.2 Å². The highest BCUT2D eigenvalue weighted by Gasteiger charge is 2.06. The van der Waals surface area contributed by atoms with Crippen molar-refractivity contribution in [1.82, 2.24) is 5.32 Å². The van der Waals surface area contributed by atoms with Crippen molar-refractivity contribution < 1.29 is 9.53 Å². The fourth-order valence-corrected chi connectivity index (χ4v) is 2.37. The molecule has 3 N–H and O–H groups in total. The van der Waals surface area contributed by atoms with Gasteiger partial charge in [0.05, 0.1) is 0 Å². The number of nitrogens with one attached hydrogen (secondary N) is 1. The number of thioether (sulfide) groups is 1. The first-order valence-electron chi connectivity index (χ1n) is 6.31. The minimum atomic E-state index is -0.114. The summed E-state index contributed by atoms with van der Waals surface area (Å²) >= 11 is 6.63. The Morgan fingerprint density at radius 1 is 1.45 bits per heavy atom. The maximum Gasteiger partial charge on any atom is 0.257 e. The van der Waals surface area contributed by atoms with Crippen LogP contribution in [0.15, 0.2) is 24.3 Å². The predicted molar refractivity (Wildman–Crippen MR) is 88.4 cm³/mol. The van der Waals surface area contributed by atoms with Crippen LogP contribution in [-0.4, -0.2) is 36.1 Å². The first-order chi connectivity index (χ1) is 9.52. The monoisotopic (exact) mass is 312 g/mol. The maximum absolute atomic E-state index is 11.6. The van der Waals surface area contributed by atoms with Crippen LogP contribution in [0, 0.1) is 5.92 Å². The quantitative estimate of drug-likeness (QED) is 0.717. The molecule has 0 heterocycles. The van der Waals surface area contributed by atoms with Gasteiger partial charge in [-0.3, -0.25) is 4.79 Å². The van der Waals surface area contributed by atoms with Crippen LogP contribution in [0.3, 0.4) is 0 Å². The summed E-state index contributed by atoms with van der Waals surface area (Å²) in [4.78, 5) is 12.0. The summed E-state index contributed by atoms with van der Waals surface area (Å²) in [5, 5.41) is 2.85. The van der Waals surface area contributed by atoms with E-state index in [2.05, 4.69) is 18.5 Å². The maximum atomic E-state index is 11.6. The molecule has 110 valence electrons. The van der Waals surface area contributed by atoms with E-state index >= 15 is 0 Å². The Hall–Kier alpha value is -1.27. The number of thiocarbonyl (C=S) groups is 1. The molecule has 0 aliphatic carbocycles. The summed E-state index contributed by atoms with van der Waals surface area (Å²) in [7, 11) is 0. The number of benzene rings is 1. The van der Waals surface area contributed by atoms with Crippen LogP contribution in [0.1, 0.15) is 12.5 Å². The average molecular weight is 312 g/mol. The molecule has 6 heteroatoms. The molecular weight excluding hydrogens is 292 g/mol. The Labute approximate surface area is 129 Å². The van der Waals surface area contributed by atoms with E-state index in [9.17, 15) is 4.79 Å². The third kappa shape index (κ3) is 6.25. The number of hydrogen-bond donors (Lipinski definition) is 2. The zero-order chi connectivity index (χ0) is 15.0. The van der Waals surface area contributed by atoms with Gasteiger partial charge in [0.1, 0.15) is 10.7 Å². The van der Waals surface area contributed by atoms with E-state index < -0.39 is 0 Å². The SMILES string of the molecule is CSCC(C)CNC(=O)COc1ccc(C(N)=S)cc1. The minimum Gasteiger partial charge on any atom is -0.484 e. The summed E-state index contributed by atoms with van der Waals surface area (Å²) in [6, 6.07) is 7.04. The standard InChI is InChI=1S/C14H20N2O2S2/c1-10(9-20-2)7-16-13(17)8-18-12-5-3-11(4-6-12)14(15)19/h3-6,10H,7-9H2,1-2H3,(H2,15,19)(H,16,17). The van der Waals surface area contributed by atoms with E-state index in [0.29, 0.717) is 23.2 Å². The lowest BCUT2D eigenvalue weighted by Crippen LogP contribution is -2.33. The van der Waals surface area contributed by atoms with Crippen LogP contribution < -0.4 is 15.8 Å². The highest BCUT2D eigenvalue weighted by Crippen LogP contribution is 2.11. The third-order valence-corrected chi connectivity index (χ3v) is 3.75. The summed E-state index contributed by atoms with van der Waals surface area (Å²) in [6.07, 6.45) is 2.05. The highest BCUT2D eigenvalue weighted by molar-refractivity contribution is 7.98. The van der Waals surface area contributed by atoms with Gasteiger partial charge in [0.15, 0.2) is 6.61 Å². The average Bonchev–Trinajstić information content (AvgIpc) is 2.43. The van der Waals surface area contributed by atoms with E-state index in [1.165, 1.54) is 0 Å². The number of carbonyl (C=O) groups is 1. The molecule has 0 saturated heterocycles. The van der Waals surface area contributed by atoms with Gasteiger partial charge in [-0.1, -0.05) is 19.1 Å². The van der Waals surface area contributed by atoms with E-state index in [1.54, 1.807) is 36.0 Å². The molecule has 1 atom stereocenters. The lowest BCUT2D eigenvalue weighted by molar-refractivity contribution is -0.123. The number of ether oxygens (including phenoxy) is 1. The first-order valence-corrected chi connectivity index (χ1v) is 8.11. The molecule has 1 unspecified atom stereocenters. The van der Waals surface area contributed by atoms with Gasteiger partial charge in [-0.05, 0) is 42.2 Å². The number of carbonyl (C=O) groups excluding carboxylic acids is 1. The van der Waals surface area contributed by atoms with Gasteiger partial charge in [0.2, 0.25) is 0 Å². The van der Waals surface area contributed by atoms with Crippen molar-refractivity contribution in [3.05, 3.63) is 29.8 Å². The predicted octanol–water partition coefficient (Wildman–Crippen LogP) is 1.81. The largest absolute Gasteiger partial charge is 0.484 e. The number of rotatable bonds is 8. The van der Waals surface area contributed by atoms with Crippen LogP contribution in [0.5, 0.6) is 5.75 Å². The van der Waals surface area contributed by atoms with Crippen molar-refractivity contribution in [2.24, 2.45) is 11.7 Å². The lowest BCUT2D eigenvalue weighted by Gasteiger charge is -2.12. The van der Waals surface area contributed by atoms with Crippen LogP contribution in [0.4, 0.5) is 0 Å². The zero-order valence-corrected chi connectivity index (χ0v) is 13.4. The Morgan fingerprint density at radius 3 is 2.65 bits per heavy atom. The van der Waals surface area contributed by atoms with Gasteiger partial charge in [-0.15, -0.1) is 0 Å². The van der Waals surface area contributed by atoms with Gasteiger partial charge in [0, 0.05) is 12.1 Å². The molecule has 0 saturated carbocycles. The van der Waals surface area contributed by atoms with Crippen LogP contribution in [0.25, 0.3) is 0 Å². The molecule has 1 aromatic carbocycles. The molecule has 1 rings (SSSR count). The van der Waals surface area contributed by atoms with Gasteiger partial charge in [-0.25, -0.2) is 0 Å². The Kier molecular flexibility index (Phi) is 7.40. The molecule has 0 aliphatic rings. The van der Waals surface area contributed by atoms with Crippen LogP contribution >= 0.6 is 24.0 Å². The Bertz CT molecular complexity index is 449. The summed E-state index contributed by atoms with van der Waals surface area (Å²) in [5.74, 6) is 1.99. The minimum absolute atomic E-state index is 0.0123. The van der Waals surface area contributed by atoms with Gasteiger partial charge in [0.25, 0.3) is 5.91 Å². The lowest BCUT2D eigenvalue weighted by atomic mass is 10.2. The molecule has 0 radical (unpaired) electrons. The van der Waals surface area contributed by atoms with Crippen molar-refractivity contribution in [2.45, 2.75) is 6.92 Å². The van der Waals surface area contributed by atoms with Crippen molar-refractivity contribution in [1.29, 1.82) is 0 Å². The number of amides is 1. The Balaban J connectivity index is 2.32. The topological polar surface area (TPSA) is 64.3 Å². The molecule has 1 amide bonds. The molecule has 0 aromatic heterocycles. The molecule has 1 aromatic rings. The van der Waals surface area contributed by atoms with E-state index in [4.69, 9.17) is 22.7 Å². The molecule has 0 fully saturated rings. The van der Waals surface area contributed by atoms with Crippen LogP contribution in [0.2, 0.25) is 0 Å². The van der Waals surface area contributed by atoms with Crippen molar-refractivity contribution in [3.8, 4) is 5.75 Å². The third-order valence-electron chi connectivity index (χ3n) is 2.61. The normalized spacial score (nSPS) is 11.7. The highest BCUT2D eigenvalue weighted by atomic mass is 32.2. The fourth-order valence-electron chi connectivity index (χ4n) is 1.55. The van der Waals surface area contributed by atoms with Gasteiger partial charge >= 0.3 is 0 Å². The number of hydrogen-bond acceptors (Lipinski definition) is 4. The molecular formula is C14H20N2O2S2. The van der Waals surface area contributed by atoms with Crippen molar-refractivity contribution >= 4 is 34.9 Å². The second-order valence-electron chi connectivity index (χ2n) is 4.54. The summed E-state index contributed by atoms with van der Waals surface area (Å²) < 4.78 is 5.39. The number of nitrogens with two attached hydrogens (primary N) is 1. The first kappa shape index (κ1) is 16.8. The fraction of sp³-hybridized carbons (Fsp3) is 0.429.